The second-order valence-electron chi connectivity index (χ2n) is 13.2. The standard InChI is InChI=1S/C48H28O2/c1-2-15-33-29(11-1)12-10-21-35(33)48-38-19-5-3-17-36(38)47(37-18-4-6-20-39(37)48)32-14-9-13-30(25-32)31-23-24-44-40(26-31)42-28-45-41(27-46(42)50-44)34-16-7-8-22-43(34)49-45/h1-28H. The van der Waals surface area contributed by atoms with Gasteiger partial charge in [0.15, 0.2) is 0 Å². The molecule has 0 aliphatic carbocycles. The molecule has 11 rings (SSSR count). The normalized spacial score (nSPS) is 12.0. The molecular formula is C48H28O2. The number of fused-ring (bicyclic) bond motifs is 9. The third-order valence-electron chi connectivity index (χ3n) is 10.4. The molecule has 2 heteroatoms. The molecule has 232 valence electrons. The van der Waals surface area contributed by atoms with Gasteiger partial charge in [-0.2, -0.15) is 0 Å². The molecule has 2 aromatic heterocycles. The monoisotopic (exact) mass is 636 g/mol. The highest BCUT2D eigenvalue weighted by Gasteiger charge is 2.19. The smallest absolute Gasteiger partial charge is 0.136 e. The van der Waals surface area contributed by atoms with E-state index in [4.69, 9.17) is 8.83 Å². The lowest BCUT2D eigenvalue weighted by Crippen LogP contribution is -1.92. The summed E-state index contributed by atoms with van der Waals surface area (Å²) in [5.74, 6) is 0. The van der Waals surface area contributed by atoms with Gasteiger partial charge < -0.3 is 8.83 Å². The Balaban J connectivity index is 1.11. The second kappa shape index (κ2) is 10.4. The molecule has 0 radical (unpaired) electrons. The molecule has 0 N–H and O–H groups in total. The number of furan rings is 2. The van der Waals surface area contributed by atoms with Gasteiger partial charge in [0.25, 0.3) is 0 Å². The summed E-state index contributed by atoms with van der Waals surface area (Å²) in [4.78, 5) is 0. The first-order valence-electron chi connectivity index (χ1n) is 17.1. The van der Waals surface area contributed by atoms with Gasteiger partial charge in [-0.25, -0.2) is 0 Å². The van der Waals surface area contributed by atoms with Gasteiger partial charge in [-0.3, -0.25) is 0 Å². The molecule has 0 aliphatic rings. The van der Waals surface area contributed by atoms with Crippen molar-refractivity contribution < 1.29 is 8.83 Å². The van der Waals surface area contributed by atoms with Crippen molar-refractivity contribution in [2.75, 3.05) is 0 Å². The lowest BCUT2D eigenvalue weighted by atomic mass is 9.84. The van der Waals surface area contributed by atoms with Crippen molar-refractivity contribution in [1.29, 1.82) is 0 Å². The Morgan fingerprint density at radius 1 is 0.260 bits per heavy atom. The Labute approximate surface area is 287 Å². The summed E-state index contributed by atoms with van der Waals surface area (Å²) in [5.41, 5.74) is 10.8. The van der Waals surface area contributed by atoms with E-state index in [1.54, 1.807) is 0 Å². The molecule has 0 spiro atoms. The third kappa shape index (κ3) is 3.96. The minimum absolute atomic E-state index is 0.870. The highest BCUT2D eigenvalue weighted by molar-refractivity contribution is 6.23. The van der Waals surface area contributed by atoms with Gasteiger partial charge in [-0.05, 0) is 102 Å². The molecule has 0 amide bonds. The van der Waals surface area contributed by atoms with Crippen molar-refractivity contribution in [1.82, 2.24) is 0 Å². The van der Waals surface area contributed by atoms with Gasteiger partial charge in [-0.15, -0.1) is 0 Å². The maximum Gasteiger partial charge on any atom is 0.136 e. The van der Waals surface area contributed by atoms with E-state index in [1.807, 2.05) is 18.2 Å². The fourth-order valence-corrected chi connectivity index (χ4v) is 8.20. The van der Waals surface area contributed by atoms with Crippen LogP contribution in [0.2, 0.25) is 0 Å². The van der Waals surface area contributed by atoms with Crippen LogP contribution in [0.3, 0.4) is 0 Å². The molecule has 0 bridgehead atoms. The van der Waals surface area contributed by atoms with Gasteiger partial charge in [-0.1, -0.05) is 133 Å². The molecule has 50 heavy (non-hydrogen) atoms. The maximum atomic E-state index is 6.39. The van der Waals surface area contributed by atoms with Crippen LogP contribution in [0.25, 0.3) is 110 Å². The summed E-state index contributed by atoms with van der Waals surface area (Å²) in [6.07, 6.45) is 0. The van der Waals surface area contributed by atoms with Gasteiger partial charge in [0.05, 0.1) is 0 Å². The fraction of sp³-hybridized carbons (Fsp3) is 0. The largest absolute Gasteiger partial charge is 0.456 e. The zero-order valence-electron chi connectivity index (χ0n) is 27.0. The number of rotatable bonds is 3. The SMILES string of the molecule is c1cc(-c2ccc3oc4cc5c(cc4c3c2)oc2ccccc25)cc(-c2c3ccccc3c(-c3cccc4ccccc34)c3ccccc23)c1. The van der Waals surface area contributed by atoms with Crippen molar-refractivity contribution in [3.63, 3.8) is 0 Å². The first kappa shape index (κ1) is 27.3. The Hall–Kier alpha value is -6.64. The Morgan fingerprint density at radius 2 is 0.760 bits per heavy atom. The zero-order valence-corrected chi connectivity index (χ0v) is 27.0. The minimum atomic E-state index is 0.870. The van der Waals surface area contributed by atoms with E-state index < -0.39 is 0 Å². The average molecular weight is 637 g/mol. The van der Waals surface area contributed by atoms with E-state index in [9.17, 15) is 0 Å². The molecule has 0 saturated carbocycles. The van der Waals surface area contributed by atoms with Crippen LogP contribution in [0.1, 0.15) is 0 Å². The van der Waals surface area contributed by atoms with Crippen LogP contribution >= 0.6 is 0 Å². The quantitative estimate of drug-likeness (QED) is 0.180. The summed E-state index contributed by atoms with van der Waals surface area (Å²) in [6.45, 7) is 0. The van der Waals surface area contributed by atoms with Crippen molar-refractivity contribution >= 4 is 76.2 Å². The van der Waals surface area contributed by atoms with E-state index >= 15 is 0 Å². The minimum Gasteiger partial charge on any atom is -0.456 e. The van der Waals surface area contributed by atoms with Crippen LogP contribution in [0, 0.1) is 0 Å². The molecule has 0 saturated heterocycles. The fourth-order valence-electron chi connectivity index (χ4n) is 8.20. The summed E-state index contributed by atoms with van der Waals surface area (Å²) < 4.78 is 12.6. The Morgan fingerprint density at radius 3 is 1.50 bits per heavy atom. The zero-order chi connectivity index (χ0) is 32.8. The lowest BCUT2D eigenvalue weighted by Gasteiger charge is -2.19. The molecular weight excluding hydrogens is 609 g/mol. The first-order chi connectivity index (χ1) is 24.8. The van der Waals surface area contributed by atoms with Crippen LogP contribution in [-0.4, -0.2) is 0 Å². The molecule has 0 unspecified atom stereocenters. The van der Waals surface area contributed by atoms with Gasteiger partial charge >= 0.3 is 0 Å². The van der Waals surface area contributed by atoms with Crippen molar-refractivity contribution in [3.05, 3.63) is 170 Å². The number of hydrogen-bond donors (Lipinski definition) is 0. The Kier molecular flexibility index (Phi) is 5.70. The molecule has 0 atom stereocenters. The maximum absolute atomic E-state index is 6.39. The highest BCUT2D eigenvalue weighted by atomic mass is 16.3. The van der Waals surface area contributed by atoms with Gasteiger partial charge in [0.1, 0.15) is 22.3 Å². The number of para-hydroxylation sites is 1. The molecule has 0 fully saturated rings. The summed E-state index contributed by atoms with van der Waals surface area (Å²) in [6, 6.07) is 61.0. The first-order valence-corrected chi connectivity index (χ1v) is 17.1. The van der Waals surface area contributed by atoms with Crippen LogP contribution in [0.4, 0.5) is 0 Å². The van der Waals surface area contributed by atoms with Crippen molar-refractivity contribution in [3.8, 4) is 33.4 Å². The summed E-state index contributed by atoms with van der Waals surface area (Å²) in [7, 11) is 0. The van der Waals surface area contributed by atoms with Gasteiger partial charge in [0.2, 0.25) is 0 Å². The van der Waals surface area contributed by atoms with Crippen molar-refractivity contribution in [2.45, 2.75) is 0 Å². The van der Waals surface area contributed by atoms with E-state index in [0.29, 0.717) is 0 Å². The number of benzene rings is 9. The number of hydrogen-bond acceptors (Lipinski definition) is 2. The van der Waals surface area contributed by atoms with Crippen LogP contribution in [-0.2, 0) is 0 Å². The Bertz CT molecular complexity index is 3090. The van der Waals surface area contributed by atoms with Crippen molar-refractivity contribution in [2.24, 2.45) is 0 Å². The highest BCUT2D eigenvalue weighted by Crippen LogP contribution is 2.46. The van der Waals surface area contributed by atoms with E-state index in [-0.39, 0.29) is 0 Å². The molecule has 9 aromatic carbocycles. The third-order valence-corrected chi connectivity index (χ3v) is 10.4. The predicted molar refractivity (Wildman–Crippen MR) is 210 cm³/mol. The molecule has 0 aliphatic heterocycles. The summed E-state index contributed by atoms with van der Waals surface area (Å²) >= 11 is 0. The lowest BCUT2D eigenvalue weighted by molar-refractivity contribution is 0.664. The molecule has 11 aromatic rings. The van der Waals surface area contributed by atoms with Gasteiger partial charge in [0, 0.05) is 21.5 Å². The topological polar surface area (TPSA) is 26.3 Å². The van der Waals surface area contributed by atoms with Crippen LogP contribution < -0.4 is 0 Å². The van der Waals surface area contributed by atoms with E-state index in [0.717, 1.165) is 55.0 Å². The summed E-state index contributed by atoms with van der Waals surface area (Å²) in [5, 5.41) is 11.8. The average Bonchev–Trinajstić information content (AvgIpc) is 3.72. The van der Waals surface area contributed by atoms with Crippen LogP contribution in [0.5, 0.6) is 0 Å². The van der Waals surface area contributed by atoms with E-state index in [1.165, 1.54) is 54.6 Å². The predicted octanol–water partition coefficient (Wildman–Crippen LogP) is 13.9. The molecule has 2 nitrogen and oxygen atoms in total. The molecule has 2 heterocycles. The second-order valence-corrected chi connectivity index (χ2v) is 13.2. The van der Waals surface area contributed by atoms with Crippen LogP contribution in [0.15, 0.2) is 179 Å². The van der Waals surface area contributed by atoms with E-state index in [2.05, 4.69) is 152 Å².